The summed E-state index contributed by atoms with van der Waals surface area (Å²) in [4.78, 5) is 4.25. The molecule has 0 aliphatic carbocycles. The fourth-order valence-electron chi connectivity index (χ4n) is 2.59. The first-order chi connectivity index (χ1) is 6.86. The second-order valence-electron chi connectivity index (χ2n) is 4.19. The lowest BCUT2D eigenvalue weighted by atomic mass is 9.95. The Balaban J connectivity index is 1.82. The summed E-state index contributed by atoms with van der Waals surface area (Å²) >= 11 is 0. The number of fused-ring (bicyclic) bond motifs is 2. The van der Waals surface area contributed by atoms with Crippen LogP contribution in [-0.2, 0) is 11.3 Å². The molecular formula is C10H15N3O. The van der Waals surface area contributed by atoms with Crippen LogP contribution in [0.25, 0.3) is 0 Å². The molecule has 2 bridgehead atoms. The van der Waals surface area contributed by atoms with E-state index in [0.29, 0.717) is 24.8 Å². The molecule has 2 aliphatic heterocycles. The van der Waals surface area contributed by atoms with E-state index in [0.717, 1.165) is 12.1 Å². The maximum Gasteiger partial charge on any atom is 0.0953 e. The highest BCUT2D eigenvalue weighted by Crippen LogP contribution is 2.41. The molecule has 14 heavy (non-hydrogen) atoms. The summed E-state index contributed by atoms with van der Waals surface area (Å²) in [7, 11) is 0. The minimum absolute atomic E-state index is 0.417. The summed E-state index contributed by atoms with van der Waals surface area (Å²) in [6.07, 6.45) is 8.43. The maximum atomic E-state index is 5.80. The van der Waals surface area contributed by atoms with E-state index in [2.05, 4.69) is 15.7 Å². The second-order valence-corrected chi connectivity index (χ2v) is 4.19. The standard InChI is InChI=1S/C10H15N3O/c11-4-7-5-13(6-12-7)9-3-8-1-2-10(9)14-8/h5-6,8-10H,1-4,11H2. The Hall–Kier alpha value is -0.870. The van der Waals surface area contributed by atoms with Crippen molar-refractivity contribution in [2.75, 3.05) is 0 Å². The van der Waals surface area contributed by atoms with Gasteiger partial charge in [-0.3, -0.25) is 0 Å². The molecule has 2 saturated heterocycles. The van der Waals surface area contributed by atoms with Crippen LogP contribution in [0.4, 0.5) is 0 Å². The molecule has 4 heteroatoms. The van der Waals surface area contributed by atoms with E-state index in [-0.39, 0.29) is 0 Å². The molecular weight excluding hydrogens is 178 g/mol. The van der Waals surface area contributed by atoms with Gasteiger partial charge >= 0.3 is 0 Å². The summed E-state index contributed by atoms with van der Waals surface area (Å²) in [5.74, 6) is 0. The van der Waals surface area contributed by atoms with Crippen LogP contribution < -0.4 is 5.73 Å². The SMILES string of the molecule is NCc1cn(C2CC3CCC2O3)cn1. The molecule has 2 fully saturated rings. The number of imidazole rings is 1. The first kappa shape index (κ1) is 8.44. The van der Waals surface area contributed by atoms with E-state index in [9.17, 15) is 0 Å². The lowest BCUT2D eigenvalue weighted by Gasteiger charge is -2.19. The lowest BCUT2D eigenvalue weighted by Crippen LogP contribution is -2.19. The molecule has 3 atom stereocenters. The van der Waals surface area contributed by atoms with E-state index in [1.54, 1.807) is 0 Å². The first-order valence-corrected chi connectivity index (χ1v) is 5.24. The highest BCUT2D eigenvalue weighted by molar-refractivity contribution is 5.01. The average Bonchev–Trinajstić information content (AvgIpc) is 2.93. The monoisotopic (exact) mass is 193 g/mol. The van der Waals surface area contributed by atoms with Gasteiger partial charge in [0.05, 0.1) is 30.3 Å². The van der Waals surface area contributed by atoms with Gasteiger partial charge < -0.3 is 15.0 Å². The molecule has 1 aromatic rings. The van der Waals surface area contributed by atoms with Crippen molar-refractivity contribution >= 4 is 0 Å². The van der Waals surface area contributed by atoms with Crippen molar-refractivity contribution in [3.63, 3.8) is 0 Å². The molecule has 0 spiro atoms. The van der Waals surface area contributed by atoms with E-state index in [4.69, 9.17) is 10.5 Å². The Labute approximate surface area is 83.1 Å². The Morgan fingerprint density at radius 1 is 1.57 bits per heavy atom. The van der Waals surface area contributed by atoms with Crippen LogP contribution in [0.3, 0.4) is 0 Å². The summed E-state index contributed by atoms with van der Waals surface area (Å²) in [6.45, 7) is 0.522. The highest BCUT2D eigenvalue weighted by atomic mass is 16.5. The molecule has 0 radical (unpaired) electrons. The van der Waals surface area contributed by atoms with Gasteiger partial charge in [0.1, 0.15) is 0 Å². The van der Waals surface area contributed by atoms with Crippen LogP contribution in [0.5, 0.6) is 0 Å². The van der Waals surface area contributed by atoms with Gasteiger partial charge in [-0.2, -0.15) is 0 Å². The Kier molecular flexibility index (Phi) is 1.85. The van der Waals surface area contributed by atoms with Crippen molar-refractivity contribution in [2.24, 2.45) is 5.73 Å². The quantitative estimate of drug-likeness (QED) is 0.757. The highest BCUT2D eigenvalue weighted by Gasteiger charge is 2.41. The number of hydrogen-bond acceptors (Lipinski definition) is 3. The van der Waals surface area contributed by atoms with Gasteiger partial charge in [0.2, 0.25) is 0 Å². The van der Waals surface area contributed by atoms with Crippen LogP contribution in [0.15, 0.2) is 12.5 Å². The zero-order valence-electron chi connectivity index (χ0n) is 8.10. The summed E-state index contributed by atoms with van der Waals surface area (Å²) in [5.41, 5.74) is 6.50. The van der Waals surface area contributed by atoms with Crippen molar-refractivity contribution in [3.8, 4) is 0 Å². The number of hydrogen-bond donors (Lipinski definition) is 1. The molecule has 76 valence electrons. The van der Waals surface area contributed by atoms with Gasteiger partial charge in [-0.05, 0) is 19.3 Å². The summed E-state index contributed by atoms with van der Waals surface area (Å²) in [6, 6.07) is 0.501. The molecule has 0 saturated carbocycles. The Morgan fingerprint density at radius 2 is 2.50 bits per heavy atom. The Morgan fingerprint density at radius 3 is 3.07 bits per heavy atom. The third-order valence-electron chi connectivity index (χ3n) is 3.32. The van der Waals surface area contributed by atoms with E-state index < -0.39 is 0 Å². The van der Waals surface area contributed by atoms with Gasteiger partial charge in [-0.1, -0.05) is 0 Å². The number of aromatic nitrogens is 2. The van der Waals surface area contributed by atoms with Gasteiger partial charge in [-0.25, -0.2) is 4.98 Å². The molecule has 0 amide bonds. The van der Waals surface area contributed by atoms with Crippen molar-refractivity contribution in [3.05, 3.63) is 18.2 Å². The zero-order valence-corrected chi connectivity index (χ0v) is 8.10. The predicted molar refractivity (Wildman–Crippen MR) is 51.7 cm³/mol. The number of rotatable bonds is 2. The van der Waals surface area contributed by atoms with Crippen molar-refractivity contribution in [2.45, 2.75) is 44.1 Å². The fraction of sp³-hybridized carbons (Fsp3) is 0.700. The molecule has 1 aromatic heterocycles. The smallest absolute Gasteiger partial charge is 0.0953 e. The van der Waals surface area contributed by atoms with Gasteiger partial charge in [0.15, 0.2) is 0 Å². The third-order valence-corrected chi connectivity index (χ3v) is 3.32. The van der Waals surface area contributed by atoms with Crippen molar-refractivity contribution < 1.29 is 4.74 Å². The van der Waals surface area contributed by atoms with Gasteiger partial charge in [0.25, 0.3) is 0 Å². The van der Waals surface area contributed by atoms with Crippen LogP contribution in [0, 0.1) is 0 Å². The molecule has 3 heterocycles. The number of ether oxygens (including phenoxy) is 1. The summed E-state index contributed by atoms with van der Waals surface area (Å²) in [5, 5.41) is 0. The molecule has 4 nitrogen and oxygen atoms in total. The molecule has 3 rings (SSSR count). The van der Waals surface area contributed by atoms with E-state index in [1.165, 1.54) is 12.8 Å². The van der Waals surface area contributed by atoms with Crippen LogP contribution in [0.2, 0.25) is 0 Å². The zero-order chi connectivity index (χ0) is 9.54. The number of nitrogens with zero attached hydrogens (tertiary/aromatic N) is 2. The third kappa shape index (κ3) is 1.18. The maximum absolute atomic E-state index is 5.80. The predicted octanol–water partition coefficient (Wildman–Crippen LogP) is 0.834. The first-order valence-electron chi connectivity index (χ1n) is 5.24. The molecule has 0 aromatic carbocycles. The molecule has 2 N–H and O–H groups in total. The van der Waals surface area contributed by atoms with Crippen molar-refractivity contribution in [1.29, 1.82) is 0 Å². The average molecular weight is 193 g/mol. The van der Waals surface area contributed by atoms with Crippen LogP contribution in [-0.4, -0.2) is 21.8 Å². The van der Waals surface area contributed by atoms with E-state index in [1.807, 2.05) is 6.33 Å². The van der Waals surface area contributed by atoms with Gasteiger partial charge in [0, 0.05) is 12.7 Å². The topological polar surface area (TPSA) is 53.1 Å². The van der Waals surface area contributed by atoms with E-state index >= 15 is 0 Å². The number of nitrogens with two attached hydrogens (primary N) is 1. The minimum atomic E-state index is 0.417. The fourth-order valence-corrected chi connectivity index (χ4v) is 2.59. The van der Waals surface area contributed by atoms with Crippen LogP contribution >= 0.6 is 0 Å². The summed E-state index contributed by atoms with van der Waals surface area (Å²) < 4.78 is 7.97. The van der Waals surface area contributed by atoms with Crippen LogP contribution in [0.1, 0.15) is 31.0 Å². The molecule has 2 aliphatic rings. The van der Waals surface area contributed by atoms with Crippen molar-refractivity contribution in [1.82, 2.24) is 9.55 Å². The van der Waals surface area contributed by atoms with Gasteiger partial charge in [-0.15, -0.1) is 0 Å². The Bertz CT molecular complexity index is 336. The molecule has 3 unspecified atom stereocenters. The minimum Gasteiger partial charge on any atom is -0.373 e. The normalized spacial score (nSPS) is 35.4. The second kappa shape index (κ2) is 3.07. The lowest BCUT2D eigenvalue weighted by molar-refractivity contribution is 0.0938. The largest absolute Gasteiger partial charge is 0.373 e.